The summed E-state index contributed by atoms with van der Waals surface area (Å²) in [7, 11) is 4.00. The lowest BCUT2D eigenvalue weighted by Crippen LogP contribution is -2.44. The first-order valence-corrected chi connectivity index (χ1v) is 10.5. The second-order valence-corrected chi connectivity index (χ2v) is 7.64. The Hall–Kier alpha value is -1.09. The van der Waals surface area contributed by atoms with Gasteiger partial charge >= 0.3 is 0 Å². The summed E-state index contributed by atoms with van der Waals surface area (Å²) < 4.78 is 0. The Balaban J connectivity index is 0.00000392. The number of rotatable bonds is 9. The first-order chi connectivity index (χ1) is 13.1. The minimum Gasteiger partial charge on any atom is -0.354 e. The lowest BCUT2D eigenvalue weighted by molar-refractivity contribution is 0.312. The Morgan fingerprint density at radius 3 is 2.54 bits per heavy atom. The van der Waals surface area contributed by atoms with Crippen LogP contribution in [0.3, 0.4) is 0 Å². The number of piperazine rings is 1. The zero-order valence-electron chi connectivity index (χ0n) is 18.1. The molecule has 0 spiro atoms. The van der Waals surface area contributed by atoms with Crippen LogP contribution >= 0.6 is 24.0 Å². The number of guanidine groups is 1. The molecule has 0 bridgehead atoms. The maximum Gasteiger partial charge on any atom is 0.191 e. The number of likely N-dealkylation sites (N-methyl/N-ethyl adjacent to an activating group) is 1. The quantitative estimate of drug-likeness (QED) is 0.235. The molecule has 0 aliphatic carbocycles. The van der Waals surface area contributed by atoms with Crippen LogP contribution in [0.25, 0.3) is 0 Å². The van der Waals surface area contributed by atoms with Crippen molar-refractivity contribution in [3.63, 3.8) is 0 Å². The van der Waals surface area contributed by atoms with Gasteiger partial charge in [-0.1, -0.05) is 38.7 Å². The molecule has 1 unspecified atom stereocenters. The summed E-state index contributed by atoms with van der Waals surface area (Å²) >= 11 is 0. The van der Waals surface area contributed by atoms with Gasteiger partial charge in [0.2, 0.25) is 0 Å². The van der Waals surface area contributed by atoms with Gasteiger partial charge in [-0.15, -0.1) is 24.0 Å². The summed E-state index contributed by atoms with van der Waals surface area (Å²) in [6.07, 6.45) is 8.37. The normalized spacial score (nSPS) is 16.4. The molecule has 1 aliphatic rings. The lowest BCUT2D eigenvalue weighted by atomic mass is 10.1. The minimum absolute atomic E-state index is 0. The summed E-state index contributed by atoms with van der Waals surface area (Å²) in [5, 5.41) is 6.89. The van der Waals surface area contributed by atoms with E-state index in [1.165, 1.54) is 37.7 Å². The van der Waals surface area contributed by atoms with Crippen LogP contribution in [0.15, 0.2) is 23.3 Å². The number of hydrogen-bond acceptors (Lipinski definition) is 4. The molecule has 6 nitrogen and oxygen atoms in total. The molecule has 160 valence electrons. The van der Waals surface area contributed by atoms with E-state index < -0.39 is 0 Å². The van der Waals surface area contributed by atoms with Crippen molar-refractivity contribution < 1.29 is 0 Å². The lowest BCUT2D eigenvalue weighted by Gasteiger charge is -2.33. The average Bonchev–Trinajstić information content (AvgIpc) is 2.69. The molecule has 2 rings (SSSR count). The van der Waals surface area contributed by atoms with E-state index in [0.29, 0.717) is 6.04 Å². The Morgan fingerprint density at radius 2 is 1.93 bits per heavy atom. The predicted octanol–water partition coefficient (Wildman–Crippen LogP) is 3.48. The van der Waals surface area contributed by atoms with Crippen LogP contribution in [0.2, 0.25) is 0 Å². The number of unbranched alkanes of at least 4 members (excludes halogenated alkanes) is 3. The number of anilines is 1. The second kappa shape index (κ2) is 14.0. The summed E-state index contributed by atoms with van der Waals surface area (Å²) in [6, 6.07) is 4.73. The number of hydrogen-bond donors (Lipinski definition) is 2. The molecule has 28 heavy (non-hydrogen) atoms. The molecule has 7 heteroatoms. The fourth-order valence-corrected chi connectivity index (χ4v) is 3.31. The number of aromatic nitrogens is 1. The van der Waals surface area contributed by atoms with Crippen molar-refractivity contribution in [2.45, 2.75) is 58.5 Å². The van der Waals surface area contributed by atoms with E-state index in [4.69, 9.17) is 0 Å². The highest BCUT2D eigenvalue weighted by molar-refractivity contribution is 14.0. The third kappa shape index (κ3) is 8.94. The summed E-state index contributed by atoms with van der Waals surface area (Å²) in [4.78, 5) is 13.7. The molecule has 0 aromatic carbocycles. The van der Waals surface area contributed by atoms with Gasteiger partial charge in [0.05, 0.1) is 0 Å². The smallest absolute Gasteiger partial charge is 0.191 e. The predicted molar refractivity (Wildman–Crippen MR) is 131 cm³/mol. The zero-order valence-corrected chi connectivity index (χ0v) is 20.4. The monoisotopic (exact) mass is 502 g/mol. The van der Waals surface area contributed by atoms with Gasteiger partial charge in [0.1, 0.15) is 5.82 Å². The second-order valence-electron chi connectivity index (χ2n) is 7.64. The molecule has 1 atom stereocenters. The highest BCUT2D eigenvalue weighted by atomic mass is 127. The maximum absolute atomic E-state index is 4.66. The SMILES string of the molecule is CCCCCCC(C)NC(=NC)NCc1ccc(N2CCN(C)CC2)nc1.I. The van der Waals surface area contributed by atoms with Gasteiger partial charge in [0, 0.05) is 52.0 Å². The first kappa shape index (κ1) is 24.9. The van der Waals surface area contributed by atoms with E-state index >= 15 is 0 Å². The van der Waals surface area contributed by atoms with Gasteiger partial charge in [-0.25, -0.2) is 4.98 Å². The van der Waals surface area contributed by atoms with E-state index in [1.807, 2.05) is 13.2 Å². The number of nitrogens with zero attached hydrogens (tertiary/aromatic N) is 4. The third-order valence-corrected chi connectivity index (χ3v) is 5.19. The van der Waals surface area contributed by atoms with E-state index in [-0.39, 0.29) is 24.0 Å². The van der Waals surface area contributed by atoms with Crippen molar-refractivity contribution in [1.29, 1.82) is 0 Å². The van der Waals surface area contributed by atoms with Crippen LogP contribution in [0, 0.1) is 0 Å². The van der Waals surface area contributed by atoms with Crippen molar-refractivity contribution in [1.82, 2.24) is 20.5 Å². The molecular formula is C21H39IN6. The van der Waals surface area contributed by atoms with Crippen molar-refractivity contribution in [2.24, 2.45) is 4.99 Å². The van der Waals surface area contributed by atoms with Gasteiger partial charge in [0.25, 0.3) is 0 Å². The zero-order chi connectivity index (χ0) is 19.5. The average molecular weight is 502 g/mol. The van der Waals surface area contributed by atoms with E-state index in [0.717, 1.165) is 44.5 Å². The van der Waals surface area contributed by atoms with Crippen molar-refractivity contribution in [3.05, 3.63) is 23.9 Å². The van der Waals surface area contributed by atoms with Crippen LogP contribution < -0.4 is 15.5 Å². The van der Waals surface area contributed by atoms with Crippen LogP contribution in [-0.2, 0) is 6.54 Å². The van der Waals surface area contributed by atoms with Gasteiger partial charge in [-0.05, 0) is 32.0 Å². The van der Waals surface area contributed by atoms with E-state index in [1.54, 1.807) is 0 Å². The van der Waals surface area contributed by atoms with Crippen molar-refractivity contribution >= 4 is 35.8 Å². The molecular weight excluding hydrogens is 463 g/mol. The number of aliphatic imine (C=N–C) groups is 1. The fraction of sp³-hybridized carbons (Fsp3) is 0.714. The van der Waals surface area contributed by atoms with Crippen LogP contribution in [-0.4, -0.2) is 62.2 Å². The summed E-state index contributed by atoms with van der Waals surface area (Å²) in [5.74, 6) is 1.94. The molecule has 2 heterocycles. The topological polar surface area (TPSA) is 55.8 Å². The standard InChI is InChI=1S/C21H38N6.HI/c1-5-6-7-8-9-18(2)25-21(22-3)24-17-19-10-11-20(23-16-19)27-14-12-26(4)13-15-27;/h10-11,16,18H,5-9,12-15,17H2,1-4H3,(H2,22,24,25);1H. The van der Waals surface area contributed by atoms with Gasteiger partial charge in [-0.2, -0.15) is 0 Å². The molecule has 0 saturated carbocycles. The van der Waals surface area contributed by atoms with E-state index in [2.05, 4.69) is 63.4 Å². The van der Waals surface area contributed by atoms with Crippen molar-refractivity contribution in [2.75, 3.05) is 45.2 Å². The van der Waals surface area contributed by atoms with Gasteiger partial charge < -0.3 is 20.4 Å². The maximum atomic E-state index is 4.66. The molecule has 2 N–H and O–H groups in total. The largest absolute Gasteiger partial charge is 0.354 e. The molecule has 1 aliphatic heterocycles. The first-order valence-electron chi connectivity index (χ1n) is 10.5. The van der Waals surface area contributed by atoms with Gasteiger partial charge in [0.15, 0.2) is 5.96 Å². The Kier molecular flexibility index (Phi) is 12.5. The van der Waals surface area contributed by atoms with Crippen LogP contribution in [0.1, 0.15) is 51.5 Å². The summed E-state index contributed by atoms with van der Waals surface area (Å²) in [6.45, 7) is 9.51. The minimum atomic E-state index is 0. The van der Waals surface area contributed by atoms with Gasteiger partial charge in [-0.3, -0.25) is 4.99 Å². The fourth-order valence-electron chi connectivity index (χ4n) is 3.31. The van der Waals surface area contributed by atoms with E-state index in [9.17, 15) is 0 Å². The molecule has 0 amide bonds. The molecule has 1 saturated heterocycles. The third-order valence-electron chi connectivity index (χ3n) is 5.19. The molecule has 0 radical (unpaired) electrons. The number of nitrogens with one attached hydrogen (secondary N) is 2. The molecule has 1 aromatic rings. The Morgan fingerprint density at radius 1 is 1.18 bits per heavy atom. The van der Waals surface area contributed by atoms with Crippen LogP contribution in [0.4, 0.5) is 5.82 Å². The number of pyridine rings is 1. The highest BCUT2D eigenvalue weighted by Gasteiger charge is 2.15. The molecule has 1 fully saturated rings. The highest BCUT2D eigenvalue weighted by Crippen LogP contribution is 2.13. The Bertz CT molecular complexity index is 555. The summed E-state index contributed by atoms with van der Waals surface area (Å²) in [5.41, 5.74) is 1.17. The molecule has 1 aromatic heterocycles. The van der Waals surface area contributed by atoms with Crippen LogP contribution in [0.5, 0.6) is 0 Å². The van der Waals surface area contributed by atoms with Crippen molar-refractivity contribution in [3.8, 4) is 0 Å². The number of halogens is 1. The Labute approximate surface area is 188 Å².